The highest BCUT2D eigenvalue weighted by molar-refractivity contribution is 7.14. The molecule has 1 atom stereocenters. The number of carbonyl (C=O) groups excluding carboxylic acids is 2. The molecule has 12 heteroatoms. The second-order valence-corrected chi connectivity index (χ2v) is 9.48. The molecule has 6 nitrogen and oxygen atoms in total. The lowest BCUT2D eigenvalue weighted by Gasteiger charge is -2.23. The highest BCUT2D eigenvalue weighted by atomic mass is 35.5. The second-order valence-electron chi connectivity index (χ2n) is 7.84. The number of benzene rings is 2. The van der Waals surface area contributed by atoms with Gasteiger partial charge in [-0.1, -0.05) is 41.4 Å². The van der Waals surface area contributed by atoms with E-state index in [1.165, 1.54) is 28.4 Å². The van der Waals surface area contributed by atoms with Crippen molar-refractivity contribution >= 4 is 57.2 Å². The van der Waals surface area contributed by atoms with Crippen molar-refractivity contribution in [3.8, 4) is 0 Å². The molecule has 3 aromatic rings. The van der Waals surface area contributed by atoms with Crippen LogP contribution in [-0.4, -0.2) is 34.3 Å². The average Bonchev–Trinajstić information content (AvgIpc) is 3.50. The van der Waals surface area contributed by atoms with Gasteiger partial charge in [-0.15, -0.1) is 11.3 Å². The van der Waals surface area contributed by atoms with Gasteiger partial charge in [0.1, 0.15) is 11.7 Å². The molecule has 0 bridgehead atoms. The zero-order chi connectivity index (χ0) is 25.2. The lowest BCUT2D eigenvalue weighted by atomic mass is 10.1. The summed E-state index contributed by atoms with van der Waals surface area (Å²) in [5.74, 6) is -0.823. The number of rotatable bonds is 6. The summed E-state index contributed by atoms with van der Waals surface area (Å²) in [6.07, 6.45) is -3.39. The number of halogens is 5. The first-order chi connectivity index (χ1) is 16.6. The summed E-state index contributed by atoms with van der Waals surface area (Å²) in [4.78, 5) is 31.6. The summed E-state index contributed by atoms with van der Waals surface area (Å²) in [5.41, 5.74) is 0.252. The van der Waals surface area contributed by atoms with E-state index in [-0.39, 0.29) is 12.2 Å². The molecule has 1 aliphatic rings. The molecule has 1 fully saturated rings. The molecule has 2 aromatic carbocycles. The molecule has 0 spiro atoms. The van der Waals surface area contributed by atoms with E-state index >= 15 is 0 Å². The molecule has 0 radical (unpaired) electrons. The third kappa shape index (κ3) is 5.88. The van der Waals surface area contributed by atoms with Crippen LogP contribution in [0.1, 0.15) is 34.5 Å². The maximum absolute atomic E-state index is 13.1. The minimum Gasteiger partial charge on any atom is -0.350 e. The number of thiazole rings is 1. The molecule has 1 saturated heterocycles. The van der Waals surface area contributed by atoms with Crippen molar-refractivity contribution in [3.05, 3.63) is 74.7 Å². The average molecular weight is 543 g/mol. The van der Waals surface area contributed by atoms with Crippen LogP contribution in [0.15, 0.2) is 47.8 Å². The second kappa shape index (κ2) is 10.4. The Bertz CT molecular complexity index is 1250. The fourth-order valence-electron chi connectivity index (χ4n) is 3.74. The van der Waals surface area contributed by atoms with Gasteiger partial charge < -0.3 is 15.5 Å². The molecule has 2 heterocycles. The smallest absolute Gasteiger partial charge is 0.350 e. The summed E-state index contributed by atoms with van der Waals surface area (Å²) in [7, 11) is 0. The SMILES string of the molecule is O=C(NCc1cccc(C(F)(F)F)c1)[C@H]1CCCN1C(=O)c1csc(Nc2cccc(Cl)c2Cl)n1. The topological polar surface area (TPSA) is 74.3 Å². The summed E-state index contributed by atoms with van der Waals surface area (Å²) >= 11 is 13.4. The van der Waals surface area contributed by atoms with E-state index in [1.807, 2.05) is 0 Å². The van der Waals surface area contributed by atoms with E-state index in [9.17, 15) is 22.8 Å². The number of hydrogen-bond donors (Lipinski definition) is 2. The van der Waals surface area contributed by atoms with Crippen molar-refractivity contribution in [2.75, 3.05) is 11.9 Å². The highest BCUT2D eigenvalue weighted by Crippen LogP contribution is 2.33. The largest absolute Gasteiger partial charge is 0.416 e. The fraction of sp³-hybridized carbons (Fsp3) is 0.261. The Morgan fingerprint density at radius 2 is 1.94 bits per heavy atom. The maximum atomic E-state index is 13.1. The monoisotopic (exact) mass is 542 g/mol. The number of likely N-dealkylation sites (tertiary alicyclic amines) is 1. The van der Waals surface area contributed by atoms with Gasteiger partial charge in [-0.25, -0.2) is 4.98 Å². The molecule has 184 valence electrons. The van der Waals surface area contributed by atoms with Gasteiger partial charge in [0.2, 0.25) is 5.91 Å². The van der Waals surface area contributed by atoms with Crippen LogP contribution in [0.2, 0.25) is 10.0 Å². The summed E-state index contributed by atoms with van der Waals surface area (Å²) in [6, 6.07) is 9.13. The van der Waals surface area contributed by atoms with Gasteiger partial charge in [-0.05, 0) is 42.7 Å². The van der Waals surface area contributed by atoms with Crippen LogP contribution < -0.4 is 10.6 Å². The molecule has 35 heavy (non-hydrogen) atoms. The maximum Gasteiger partial charge on any atom is 0.416 e. The zero-order valence-corrected chi connectivity index (χ0v) is 20.4. The van der Waals surface area contributed by atoms with Crippen LogP contribution in [0, 0.1) is 0 Å². The predicted molar refractivity (Wildman–Crippen MR) is 129 cm³/mol. The number of alkyl halides is 3. The highest BCUT2D eigenvalue weighted by Gasteiger charge is 2.35. The number of amides is 2. The minimum atomic E-state index is -4.46. The Balaban J connectivity index is 1.40. The molecule has 2 amide bonds. The van der Waals surface area contributed by atoms with Crippen molar-refractivity contribution in [2.24, 2.45) is 0 Å². The van der Waals surface area contributed by atoms with Crippen LogP contribution in [0.4, 0.5) is 24.0 Å². The fourth-order valence-corrected chi connectivity index (χ4v) is 4.78. The van der Waals surface area contributed by atoms with Gasteiger partial charge in [0.05, 0.1) is 21.3 Å². The van der Waals surface area contributed by atoms with Gasteiger partial charge in [0.15, 0.2) is 5.13 Å². The van der Waals surface area contributed by atoms with Crippen LogP contribution >= 0.6 is 34.5 Å². The first-order valence-corrected chi connectivity index (χ1v) is 12.2. The van der Waals surface area contributed by atoms with Gasteiger partial charge >= 0.3 is 6.18 Å². The van der Waals surface area contributed by atoms with Gasteiger partial charge in [0.25, 0.3) is 5.91 Å². The van der Waals surface area contributed by atoms with Crippen molar-refractivity contribution in [3.63, 3.8) is 0 Å². The Labute approximate surface area is 213 Å². The van der Waals surface area contributed by atoms with E-state index in [0.29, 0.717) is 45.8 Å². The number of aromatic nitrogens is 1. The number of hydrogen-bond acceptors (Lipinski definition) is 5. The molecule has 1 aliphatic heterocycles. The third-order valence-electron chi connectivity index (χ3n) is 5.45. The van der Waals surface area contributed by atoms with E-state index in [2.05, 4.69) is 15.6 Å². The van der Waals surface area contributed by atoms with Crippen molar-refractivity contribution in [1.29, 1.82) is 0 Å². The first kappa shape index (κ1) is 25.3. The Morgan fingerprint density at radius 3 is 2.71 bits per heavy atom. The number of nitrogens with one attached hydrogen (secondary N) is 2. The Morgan fingerprint density at radius 1 is 1.17 bits per heavy atom. The predicted octanol–water partition coefficient (Wildman–Crippen LogP) is 6.13. The normalized spacial score (nSPS) is 15.8. The molecule has 0 unspecified atom stereocenters. The van der Waals surface area contributed by atoms with Crippen molar-refractivity contribution in [2.45, 2.75) is 31.6 Å². The molecule has 4 rings (SSSR count). The van der Waals surface area contributed by atoms with Crippen LogP contribution in [0.25, 0.3) is 0 Å². The van der Waals surface area contributed by atoms with Crippen LogP contribution in [0.3, 0.4) is 0 Å². The Hall–Kier alpha value is -2.82. The standard InChI is InChI=1S/C23H19Cl2F3N4O2S/c24-15-6-2-7-16(19(15)25)30-22-31-17(12-35-22)21(34)32-9-3-8-18(32)20(33)29-11-13-4-1-5-14(10-13)23(26,27)28/h1-2,4-7,10,12,18H,3,8-9,11H2,(H,29,33)(H,30,31)/t18-/m1/s1. The first-order valence-electron chi connectivity index (χ1n) is 10.5. The van der Waals surface area contributed by atoms with Gasteiger partial charge in [-0.3, -0.25) is 9.59 Å². The number of carbonyl (C=O) groups is 2. The summed E-state index contributed by atoms with van der Waals surface area (Å²) < 4.78 is 38.8. The molecular weight excluding hydrogens is 524 g/mol. The quantitative estimate of drug-likeness (QED) is 0.392. The van der Waals surface area contributed by atoms with E-state index < -0.39 is 29.6 Å². The van der Waals surface area contributed by atoms with Gasteiger partial charge in [0, 0.05) is 18.5 Å². The van der Waals surface area contributed by atoms with Crippen molar-refractivity contribution < 1.29 is 22.8 Å². The zero-order valence-electron chi connectivity index (χ0n) is 18.0. The van der Waals surface area contributed by atoms with E-state index in [4.69, 9.17) is 23.2 Å². The van der Waals surface area contributed by atoms with E-state index in [0.717, 1.165) is 12.1 Å². The van der Waals surface area contributed by atoms with E-state index in [1.54, 1.807) is 23.6 Å². The molecular formula is C23H19Cl2F3N4O2S. The summed E-state index contributed by atoms with van der Waals surface area (Å²) in [6.45, 7) is 0.299. The number of anilines is 2. The van der Waals surface area contributed by atoms with Crippen molar-refractivity contribution in [1.82, 2.24) is 15.2 Å². The molecule has 2 N–H and O–H groups in total. The lowest BCUT2D eigenvalue weighted by Crippen LogP contribution is -2.45. The molecule has 0 saturated carbocycles. The molecule has 0 aliphatic carbocycles. The number of nitrogens with zero attached hydrogens (tertiary/aromatic N) is 2. The minimum absolute atomic E-state index is 0.0769. The lowest BCUT2D eigenvalue weighted by molar-refractivity contribution is -0.137. The van der Waals surface area contributed by atoms with Gasteiger partial charge in [-0.2, -0.15) is 13.2 Å². The summed E-state index contributed by atoms with van der Waals surface area (Å²) in [5, 5.41) is 8.39. The van der Waals surface area contributed by atoms with Crippen LogP contribution in [-0.2, 0) is 17.5 Å². The van der Waals surface area contributed by atoms with Crippen LogP contribution in [0.5, 0.6) is 0 Å². The Kier molecular flexibility index (Phi) is 7.53. The third-order valence-corrected chi connectivity index (χ3v) is 7.03. The molecule has 1 aromatic heterocycles.